The topological polar surface area (TPSA) is 139 Å². The van der Waals surface area contributed by atoms with Crippen LogP contribution in [0.2, 0.25) is 5.02 Å². The quantitative estimate of drug-likeness (QED) is 0.0777. The lowest BCUT2D eigenvalue weighted by Gasteiger charge is -2.38. The van der Waals surface area contributed by atoms with E-state index in [0.29, 0.717) is 22.0 Å². The molecule has 1 heterocycles. The SMILES string of the molecule is CCOC(=O)C1=C(C)N(CC(O)COc2ccc(/C=N/C(=S)Nc3ccc(Cl)cc3)cc2)C(=S)NC1c1cccc([N+](=O)[O-])c1. The van der Waals surface area contributed by atoms with E-state index in [9.17, 15) is 20.0 Å². The molecule has 3 N–H and O–H groups in total. The van der Waals surface area contributed by atoms with Crippen LogP contribution in [-0.4, -0.2) is 63.2 Å². The van der Waals surface area contributed by atoms with Crippen molar-refractivity contribution < 1.29 is 24.3 Å². The Balaban J connectivity index is 1.38. The van der Waals surface area contributed by atoms with Gasteiger partial charge >= 0.3 is 5.97 Å². The van der Waals surface area contributed by atoms with Gasteiger partial charge in [-0.2, -0.15) is 0 Å². The first-order valence-electron chi connectivity index (χ1n) is 13.8. The first kappa shape index (κ1) is 33.5. The van der Waals surface area contributed by atoms with Crippen LogP contribution >= 0.6 is 36.0 Å². The average Bonchev–Trinajstić information content (AvgIpc) is 3.02. The second-order valence-corrected chi connectivity index (χ2v) is 11.0. The number of hydrogen-bond acceptors (Lipinski definition) is 8. The lowest BCUT2D eigenvalue weighted by atomic mass is 9.94. The normalized spacial score (nSPS) is 15.4. The van der Waals surface area contributed by atoms with Gasteiger partial charge < -0.3 is 30.1 Å². The summed E-state index contributed by atoms with van der Waals surface area (Å²) in [7, 11) is 0. The Hall–Kier alpha value is -4.43. The second kappa shape index (κ2) is 15.5. The third kappa shape index (κ3) is 9.05. The molecule has 3 aromatic carbocycles. The molecule has 0 aliphatic carbocycles. The van der Waals surface area contributed by atoms with Gasteiger partial charge in [0.15, 0.2) is 10.2 Å². The maximum atomic E-state index is 13.0. The van der Waals surface area contributed by atoms with Gasteiger partial charge in [-0.05, 0) is 97.9 Å². The first-order valence-corrected chi connectivity index (χ1v) is 15.0. The Morgan fingerprint density at radius 2 is 1.93 bits per heavy atom. The highest BCUT2D eigenvalue weighted by molar-refractivity contribution is 7.80. The molecule has 0 aromatic heterocycles. The number of nitro benzene ring substituents is 1. The number of nitrogens with one attached hydrogen (secondary N) is 2. The Morgan fingerprint density at radius 1 is 1.22 bits per heavy atom. The molecule has 0 saturated carbocycles. The van der Waals surface area contributed by atoms with Crippen molar-refractivity contribution in [2.75, 3.05) is 25.1 Å². The molecule has 0 saturated heterocycles. The smallest absolute Gasteiger partial charge is 0.338 e. The Morgan fingerprint density at radius 3 is 2.60 bits per heavy atom. The van der Waals surface area contributed by atoms with Gasteiger partial charge in [-0.15, -0.1) is 0 Å². The van der Waals surface area contributed by atoms with E-state index in [4.69, 9.17) is 45.5 Å². The number of esters is 1. The molecular weight excluding hydrogens is 638 g/mol. The number of non-ortho nitro benzene ring substituents is 1. The number of ether oxygens (including phenoxy) is 2. The summed E-state index contributed by atoms with van der Waals surface area (Å²) in [4.78, 5) is 29.7. The van der Waals surface area contributed by atoms with Crippen molar-refractivity contribution >= 4 is 69.8 Å². The van der Waals surface area contributed by atoms with Crippen molar-refractivity contribution in [2.45, 2.75) is 26.0 Å². The van der Waals surface area contributed by atoms with Gasteiger partial charge in [0.25, 0.3) is 5.69 Å². The van der Waals surface area contributed by atoms with Gasteiger partial charge in [-0.3, -0.25) is 10.1 Å². The first-order chi connectivity index (χ1) is 21.5. The monoisotopic (exact) mass is 667 g/mol. The maximum absolute atomic E-state index is 13.0. The highest BCUT2D eigenvalue weighted by Crippen LogP contribution is 2.33. The van der Waals surface area contributed by atoms with Crippen LogP contribution in [-0.2, 0) is 9.53 Å². The van der Waals surface area contributed by atoms with Gasteiger partial charge in [0, 0.05) is 34.8 Å². The fraction of sp³-hybridized carbons (Fsp3) is 0.226. The van der Waals surface area contributed by atoms with Crippen LogP contribution < -0.4 is 15.4 Å². The number of aliphatic hydroxyl groups is 1. The molecule has 1 aliphatic rings. The van der Waals surface area contributed by atoms with Crippen LogP contribution in [0.3, 0.4) is 0 Å². The maximum Gasteiger partial charge on any atom is 0.338 e. The number of aliphatic imine (C=N–C) groups is 1. The Labute approximate surface area is 275 Å². The largest absolute Gasteiger partial charge is 0.491 e. The number of anilines is 1. The molecule has 2 unspecified atom stereocenters. The summed E-state index contributed by atoms with van der Waals surface area (Å²) in [5.74, 6) is -0.0694. The van der Waals surface area contributed by atoms with Gasteiger partial charge in [-0.25, -0.2) is 9.79 Å². The summed E-state index contributed by atoms with van der Waals surface area (Å²) in [6.07, 6.45) is 0.626. The van der Waals surface area contributed by atoms with Crippen LogP contribution in [0.25, 0.3) is 0 Å². The molecule has 0 fully saturated rings. The minimum Gasteiger partial charge on any atom is -0.491 e. The van der Waals surface area contributed by atoms with Gasteiger partial charge in [0.1, 0.15) is 18.5 Å². The number of hydrogen-bond donors (Lipinski definition) is 3. The highest BCUT2D eigenvalue weighted by atomic mass is 35.5. The number of allylic oxidation sites excluding steroid dienone is 1. The number of aliphatic hydroxyl groups excluding tert-OH is 1. The van der Waals surface area contributed by atoms with Crippen LogP contribution in [0.1, 0.15) is 31.0 Å². The predicted octanol–water partition coefficient (Wildman–Crippen LogP) is 5.57. The molecule has 4 rings (SSSR count). The number of β-amino-alcohol motifs (C(OH)–C–C–N with tert-alkyl or cyclic N) is 1. The van der Waals surface area contributed by atoms with Gasteiger partial charge in [0.2, 0.25) is 0 Å². The van der Waals surface area contributed by atoms with E-state index >= 15 is 0 Å². The molecule has 45 heavy (non-hydrogen) atoms. The van der Waals surface area contributed by atoms with Gasteiger partial charge in [-0.1, -0.05) is 23.7 Å². The third-order valence-corrected chi connectivity index (χ3v) is 7.45. The molecule has 2 atom stereocenters. The molecule has 0 radical (unpaired) electrons. The van der Waals surface area contributed by atoms with Crippen molar-refractivity contribution in [3.63, 3.8) is 0 Å². The van der Waals surface area contributed by atoms with E-state index in [1.54, 1.807) is 79.6 Å². The predicted molar refractivity (Wildman–Crippen MR) is 181 cm³/mol. The number of nitrogens with zero attached hydrogens (tertiary/aromatic N) is 3. The zero-order chi connectivity index (χ0) is 32.5. The third-order valence-electron chi connectivity index (χ3n) is 6.65. The van der Waals surface area contributed by atoms with E-state index in [1.165, 1.54) is 18.2 Å². The highest BCUT2D eigenvalue weighted by Gasteiger charge is 2.36. The summed E-state index contributed by atoms with van der Waals surface area (Å²) >= 11 is 16.7. The Bertz CT molecular complexity index is 1630. The van der Waals surface area contributed by atoms with E-state index in [1.807, 2.05) is 0 Å². The molecule has 0 amide bonds. The summed E-state index contributed by atoms with van der Waals surface area (Å²) in [5.41, 5.74) is 2.61. The number of nitro groups is 1. The molecule has 0 bridgehead atoms. The number of carbonyl (C=O) groups is 1. The summed E-state index contributed by atoms with van der Waals surface area (Å²) in [5, 5.41) is 29.4. The number of halogens is 1. The molecule has 11 nitrogen and oxygen atoms in total. The van der Waals surface area contributed by atoms with Crippen molar-refractivity contribution in [3.8, 4) is 5.75 Å². The van der Waals surface area contributed by atoms with E-state index in [2.05, 4.69) is 15.6 Å². The zero-order valence-corrected chi connectivity index (χ0v) is 26.7. The second-order valence-electron chi connectivity index (χ2n) is 9.79. The molecule has 1 aliphatic heterocycles. The molecule has 234 valence electrons. The van der Waals surface area contributed by atoms with E-state index < -0.39 is 23.0 Å². The van der Waals surface area contributed by atoms with E-state index in [0.717, 1.165) is 11.3 Å². The van der Waals surface area contributed by atoms with Gasteiger partial charge in [0.05, 0.1) is 29.7 Å². The van der Waals surface area contributed by atoms with Crippen molar-refractivity contribution in [1.82, 2.24) is 10.2 Å². The molecule has 0 spiro atoms. The lowest BCUT2D eigenvalue weighted by Crippen LogP contribution is -2.50. The molecular formula is C31H30ClN5O6S2. The molecule has 14 heteroatoms. The molecule has 3 aromatic rings. The van der Waals surface area contributed by atoms with Crippen LogP contribution in [0.5, 0.6) is 5.75 Å². The van der Waals surface area contributed by atoms with Crippen molar-refractivity contribution in [1.29, 1.82) is 0 Å². The van der Waals surface area contributed by atoms with Crippen LogP contribution in [0.15, 0.2) is 89.1 Å². The van der Waals surface area contributed by atoms with Crippen molar-refractivity contribution in [3.05, 3.63) is 110 Å². The fourth-order valence-corrected chi connectivity index (χ4v) is 5.10. The summed E-state index contributed by atoms with van der Waals surface area (Å²) < 4.78 is 11.1. The number of rotatable bonds is 11. The number of thiocarbonyl (C=S) groups is 2. The number of carbonyl (C=O) groups excluding carboxylic acids is 1. The number of benzene rings is 3. The Kier molecular flexibility index (Phi) is 11.5. The minimum atomic E-state index is -0.991. The van der Waals surface area contributed by atoms with Crippen molar-refractivity contribution in [2.24, 2.45) is 4.99 Å². The summed E-state index contributed by atoms with van der Waals surface area (Å²) in [6.45, 7) is 3.47. The van der Waals surface area contributed by atoms with E-state index in [-0.39, 0.29) is 41.2 Å². The van der Waals surface area contributed by atoms with Crippen LogP contribution in [0.4, 0.5) is 11.4 Å². The average molecular weight is 668 g/mol. The fourth-order valence-electron chi connectivity index (χ4n) is 4.47. The lowest BCUT2D eigenvalue weighted by molar-refractivity contribution is -0.384. The zero-order valence-electron chi connectivity index (χ0n) is 24.3. The summed E-state index contributed by atoms with van der Waals surface area (Å²) in [6, 6.07) is 19.4. The minimum absolute atomic E-state index is 0.0189. The standard InChI is InChI=1S/C31H30ClN5O6S2/c1-3-42-29(39)27-19(2)36(31(45)35-28(27)21-5-4-6-24(15-21)37(40)41)17-25(38)18-43-26-13-7-20(8-14-26)16-33-30(44)34-23-11-9-22(32)10-12-23/h4-16,25,28,38H,3,17-18H2,1-2H3,(H,34,44)(H,35,45)/b33-16+. The van der Waals surface area contributed by atoms with Crippen LogP contribution in [0, 0.1) is 10.1 Å².